The Balaban J connectivity index is 1.77. The molecule has 154 valence electrons. The van der Waals surface area contributed by atoms with E-state index >= 15 is 0 Å². The predicted molar refractivity (Wildman–Crippen MR) is 92.2 cm³/mol. The monoisotopic (exact) mass is 401 g/mol. The fourth-order valence-corrected chi connectivity index (χ4v) is 3.48. The molecule has 2 aliphatic rings. The van der Waals surface area contributed by atoms with Crippen LogP contribution in [0.25, 0.3) is 0 Å². The molecule has 2 fully saturated rings. The van der Waals surface area contributed by atoms with E-state index in [0.717, 1.165) is 6.07 Å². The van der Waals surface area contributed by atoms with Crippen molar-refractivity contribution >= 4 is 12.0 Å². The van der Waals surface area contributed by atoms with Gasteiger partial charge < -0.3 is 19.6 Å². The fourth-order valence-electron chi connectivity index (χ4n) is 3.48. The second kappa shape index (κ2) is 7.14. The Labute approximate surface area is 160 Å². The summed E-state index contributed by atoms with van der Waals surface area (Å²) in [5.41, 5.74) is -1.35. The number of hydrogen-bond donors (Lipinski definition) is 1. The minimum Gasteiger partial charge on any atom is -0.474 e. The summed E-state index contributed by atoms with van der Waals surface area (Å²) >= 11 is 0. The van der Waals surface area contributed by atoms with Crippen LogP contribution in [0.4, 0.5) is 18.0 Å². The van der Waals surface area contributed by atoms with Crippen LogP contribution < -0.4 is 4.74 Å². The topological polar surface area (TPSA) is 83.0 Å². The maximum Gasteiger partial charge on any atom is 0.433 e. The van der Waals surface area contributed by atoms with Gasteiger partial charge >= 0.3 is 12.3 Å². The van der Waals surface area contributed by atoms with E-state index in [9.17, 15) is 22.8 Å². The van der Waals surface area contributed by atoms with Gasteiger partial charge in [0.2, 0.25) is 5.88 Å². The van der Waals surface area contributed by atoms with Gasteiger partial charge in [-0.15, -0.1) is 0 Å². The van der Waals surface area contributed by atoms with E-state index in [-0.39, 0.29) is 29.9 Å². The second-order valence-corrected chi connectivity index (χ2v) is 7.99. The van der Waals surface area contributed by atoms with Gasteiger partial charge in [0.1, 0.15) is 11.8 Å². The highest BCUT2D eigenvalue weighted by Gasteiger charge is 2.39. The number of amides is 2. The summed E-state index contributed by atoms with van der Waals surface area (Å²) in [6, 6.07) is 1.97. The van der Waals surface area contributed by atoms with Gasteiger partial charge in [0.15, 0.2) is 0 Å². The van der Waals surface area contributed by atoms with E-state index in [4.69, 9.17) is 9.84 Å². The Morgan fingerprint density at radius 3 is 2.29 bits per heavy atom. The van der Waals surface area contributed by atoms with Gasteiger partial charge in [-0.05, 0) is 11.5 Å². The van der Waals surface area contributed by atoms with E-state index in [0.29, 0.717) is 25.9 Å². The highest BCUT2D eigenvalue weighted by Crippen LogP contribution is 2.33. The molecular formula is C18H22F3N3O4. The lowest BCUT2D eigenvalue weighted by Crippen LogP contribution is -2.55. The zero-order valence-corrected chi connectivity index (χ0v) is 15.6. The zero-order valence-electron chi connectivity index (χ0n) is 15.6. The summed E-state index contributed by atoms with van der Waals surface area (Å²) in [6.07, 6.45) is -5.53. The van der Waals surface area contributed by atoms with E-state index in [1.165, 1.54) is 15.9 Å². The van der Waals surface area contributed by atoms with Crippen molar-refractivity contribution in [1.82, 2.24) is 14.8 Å². The van der Waals surface area contributed by atoms with Crippen molar-refractivity contribution in [1.29, 1.82) is 0 Å². The minimum atomic E-state index is -4.71. The van der Waals surface area contributed by atoms with Gasteiger partial charge in [-0.3, -0.25) is 4.79 Å². The number of aromatic nitrogens is 1. The summed E-state index contributed by atoms with van der Waals surface area (Å²) in [6.45, 7) is 5.35. The molecule has 10 heteroatoms. The lowest BCUT2D eigenvalue weighted by Gasteiger charge is -2.45. The summed E-state index contributed by atoms with van der Waals surface area (Å²) in [7, 11) is 0. The maximum absolute atomic E-state index is 13.2. The molecule has 3 heterocycles. The molecule has 3 rings (SSSR count). The smallest absolute Gasteiger partial charge is 0.433 e. The summed E-state index contributed by atoms with van der Waals surface area (Å²) in [5.74, 6) is -0.760. The number of nitrogens with zero attached hydrogens (tertiary/aromatic N) is 3. The Morgan fingerprint density at radius 1 is 1.18 bits per heavy atom. The molecule has 28 heavy (non-hydrogen) atoms. The number of rotatable bonds is 3. The lowest BCUT2D eigenvalue weighted by molar-refractivity contribution is -0.141. The van der Waals surface area contributed by atoms with Crippen molar-refractivity contribution in [2.24, 2.45) is 5.41 Å². The molecule has 0 bridgehead atoms. The van der Waals surface area contributed by atoms with Crippen molar-refractivity contribution in [2.45, 2.75) is 39.0 Å². The second-order valence-electron chi connectivity index (χ2n) is 7.99. The molecule has 0 aliphatic carbocycles. The SMILES string of the molecule is CC1(C)CN(C(=O)c2cc(OC3CCN(C(=O)O)CC3)nc(C(F)(F)F)c2)C1. The average molecular weight is 401 g/mol. The Morgan fingerprint density at radius 2 is 1.79 bits per heavy atom. The largest absolute Gasteiger partial charge is 0.474 e. The predicted octanol–water partition coefficient (Wildman–Crippen LogP) is 3.10. The highest BCUT2D eigenvalue weighted by atomic mass is 19.4. The molecule has 0 saturated carbocycles. The van der Waals surface area contributed by atoms with Crippen molar-refractivity contribution in [3.05, 3.63) is 23.4 Å². The van der Waals surface area contributed by atoms with Gasteiger partial charge in [0, 0.05) is 50.7 Å². The van der Waals surface area contributed by atoms with Crippen molar-refractivity contribution in [3.8, 4) is 5.88 Å². The van der Waals surface area contributed by atoms with Crippen LogP contribution in [-0.2, 0) is 6.18 Å². The van der Waals surface area contributed by atoms with E-state index < -0.39 is 30.0 Å². The molecule has 0 atom stereocenters. The van der Waals surface area contributed by atoms with Crippen LogP contribution in [0, 0.1) is 5.41 Å². The van der Waals surface area contributed by atoms with E-state index in [1.54, 1.807) is 0 Å². The molecule has 2 aliphatic heterocycles. The molecule has 2 saturated heterocycles. The highest BCUT2D eigenvalue weighted by molar-refractivity contribution is 5.95. The van der Waals surface area contributed by atoms with Gasteiger partial charge in [-0.1, -0.05) is 13.8 Å². The first kappa shape index (κ1) is 20.2. The number of carbonyl (C=O) groups is 2. The molecule has 0 unspecified atom stereocenters. The molecule has 1 aromatic heterocycles. The minimum absolute atomic E-state index is 0.0486. The van der Waals surface area contributed by atoms with Gasteiger partial charge in [-0.2, -0.15) is 13.2 Å². The normalized spacial score (nSPS) is 19.9. The number of likely N-dealkylation sites (tertiary alicyclic amines) is 2. The third-order valence-corrected chi connectivity index (χ3v) is 4.86. The van der Waals surface area contributed by atoms with Gasteiger partial charge in [0.05, 0.1) is 0 Å². The quantitative estimate of drug-likeness (QED) is 0.842. The summed E-state index contributed by atoms with van der Waals surface area (Å²) < 4.78 is 45.3. The van der Waals surface area contributed by atoms with E-state index in [2.05, 4.69) is 4.98 Å². The number of ether oxygens (including phenoxy) is 1. The molecule has 0 aromatic carbocycles. The lowest BCUT2D eigenvalue weighted by atomic mass is 9.84. The molecule has 0 spiro atoms. The van der Waals surface area contributed by atoms with Crippen molar-refractivity contribution < 1.29 is 32.6 Å². The van der Waals surface area contributed by atoms with Gasteiger partial charge in [-0.25, -0.2) is 9.78 Å². The van der Waals surface area contributed by atoms with Crippen LogP contribution in [0.2, 0.25) is 0 Å². The summed E-state index contributed by atoms with van der Waals surface area (Å²) in [4.78, 5) is 29.7. The average Bonchev–Trinajstić information content (AvgIpc) is 2.58. The number of carboxylic acid groups (broad SMARTS) is 1. The number of halogens is 3. The Kier molecular flexibility index (Phi) is 5.16. The molecule has 1 N–H and O–H groups in total. The maximum atomic E-state index is 13.2. The number of alkyl halides is 3. The van der Waals surface area contributed by atoms with Crippen LogP contribution in [0.3, 0.4) is 0 Å². The first-order valence-electron chi connectivity index (χ1n) is 8.98. The van der Waals surface area contributed by atoms with Crippen LogP contribution in [0.1, 0.15) is 42.7 Å². The van der Waals surface area contributed by atoms with Crippen molar-refractivity contribution in [2.75, 3.05) is 26.2 Å². The summed E-state index contributed by atoms with van der Waals surface area (Å²) in [5, 5.41) is 8.96. The van der Waals surface area contributed by atoms with Crippen LogP contribution >= 0.6 is 0 Å². The first-order chi connectivity index (χ1) is 12.9. The zero-order chi connectivity index (χ0) is 20.7. The number of carbonyl (C=O) groups excluding carboxylic acids is 1. The van der Waals surface area contributed by atoms with Crippen LogP contribution in [0.5, 0.6) is 5.88 Å². The number of hydrogen-bond acceptors (Lipinski definition) is 4. The van der Waals surface area contributed by atoms with Gasteiger partial charge in [0.25, 0.3) is 5.91 Å². The number of piperidine rings is 1. The van der Waals surface area contributed by atoms with E-state index in [1.807, 2.05) is 13.8 Å². The first-order valence-corrected chi connectivity index (χ1v) is 8.98. The third kappa shape index (κ3) is 4.48. The molecule has 0 radical (unpaired) electrons. The van der Waals surface area contributed by atoms with Crippen LogP contribution in [0.15, 0.2) is 12.1 Å². The Hall–Kier alpha value is -2.52. The Bertz CT molecular complexity index is 766. The fraction of sp³-hybridized carbons (Fsp3) is 0.611. The number of pyridine rings is 1. The van der Waals surface area contributed by atoms with Crippen LogP contribution in [-0.4, -0.2) is 64.2 Å². The third-order valence-electron chi connectivity index (χ3n) is 4.86. The molecular weight excluding hydrogens is 379 g/mol. The van der Waals surface area contributed by atoms with Crippen molar-refractivity contribution in [3.63, 3.8) is 0 Å². The molecule has 1 aromatic rings. The molecule has 7 nitrogen and oxygen atoms in total. The molecule has 2 amide bonds. The standard InChI is InChI=1S/C18H22F3N3O4/c1-17(2)9-24(10-17)15(25)11-7-13(18(19,20)21)22-14(8-11)28-12-3-5-23(6-4-12)16(26)27/h7-8,12H,3-6,9-10H2,1-2H3,(H,26,27).